The van der Waals surface area contributed by atoms with Crippen molar-refractivity contribution >= 4 is 28.6 Å². The summed E-state index contributed by atoms with van der Waals surface area (Å²) in [6.45, 7) is -0.623. The van der Waals surface area contributed by atoms with Gasteiger partial charge in [-0.3, -0.25) is 14.4 Å². The number of carboxylic acids is 1. The molecule has 0 aliphatic carbocycles. The fourth-order valence-electron chi connectivity index (χ4n) is 1.94. The Morgan fingerprint density at radius 2 is 1.73 bits per heavy atom. The van der Waals surface area contributed by atoms with Gasteiger partial charge in [0, 0.05) is 17.8 Å². The molecular weight excluding hydrogens is 290 g/mol. The van der Waals surface area contributed by atoms with Crippen LogP contribution >= 0.6 is 0 Å². The zero-order valence-corrected chi connectivity index (χ0v) is 11.6. The molecule has 0 saturated heterocycles. The number of hydrogen-bond acceptors (Lipinski definition) is 5. The summed E-state index contributed by atoms with van der Waals surface area (Å²) in [5, 5.41) is 23.9. The summed E-state index contributed by atoms with van der Waals surface area (Å²) in [5.74, 6) is -3.05. The number of benzene rings is 1. The van der Waals surface area contributed by atoms with E-state index in [4.69, 9.17) is 5.11 Å². The molecule has 2 amide bonds. The van der Waals surface area contributed by atoms with Crippen LogP contribution in [0.3, 0.4) is 0 Å². The van der Waals surface area contributed by atoms with E-state index in [-0.39, 0.29) is 11.1 Å². The molecule has 2 aromatic rings. The maximum Gasteiger partial charge on any atom is 0.322 e. The molecule has 22 heavy (non-hydrogen) atoms. The highest BCUT2D eigenvalue weighted by atomic mass is 16.4. The standard InChI is InChI=1S/C14H13N3O5/c1-15-13(21)10-7-4-2-3-5-8(7)12(20)11(17-10)14(22)16-6-9(18)19/h2-5,20H,6H2,1H3,(H,15,21)(H,16,22)(H,18,19). The van der Waals surface area contributed by atoms with Crippen molar-refractivity contribution in [2.75, 3.05) is 13.6 Å². The predicted molar refractivity (Wildman–Crippen MR) is 76.8 cm³/mol. The number of carbonyl (C=O) groups is 3. The third-order valence-corrected chi connectivity index (χ3v) is 2.94. The normalized spacial score (nSPS) is 10.2. The monoisotopic (exact) mass is 303 g/mol. The van der Waals surface area contributed by atoms with Crippen molar-refractivity contribution in [1.29, 1.82) is 0 Å². The maximum absolute atomic E-state index is 11.9. The van der Waals surface area contributed by atoms with Crippen LogP contribution in [0.1, 0.15) is 21.0 Å². The number of hydrogen-bond donors (Lipinski definition) is 4. The summed E-state index contributed by atoms with van der Waals surface area (Å²) < 4.78 is 0. The van der Waals surface area contributed by atoms with Gasteiger partial charge in [-0.25, -0.2) is 4.98 Å². The lowest BCUT2D eigenvalue weighted by Crippen LogP contribution is -2.31. The lowest BCUT2D eigenvalue weighted by atomic mass is 10.1. The van der Waals surface area contributed by atoms with Gasteiger partial charge in [0.15, 0.2) is 11.4 Å². The lowest BCUT2D eigenvalue weighted by Gasteiger charge is -2.11. The Hall–Kier alpha value is -3.16. The Morgan fingerprint density at radius 1 is 1.09 bits per heavy atom. The number of nitrogens with zero attached hydrogens (tertiary/aromatic N) is 1. The largest absolute Gasteiger partial charge is 0.505 e. The van der Waals surface area contributed by atoms with Crippen LogP contribution in [0.4, 0.5) is 0 Å². The Kier molecular flexibility index (Phi) is 4.21. The van der Waals surface area contributed by atoms with Crippen LogP contribution in [-0.2, 0) is 4.79 Å². The minimum atomic E-state index is -1.24. The molecule has 0 radical (unpaired) electrons. The van der Waals surface area contributed by atoms with Gasteiger partial charge in [0.25, 0.3) is 11.8 Å². The van der Waals surface area contributed by atoms with Crippen LogP contribution < -0.4 is 10.6 Å². The topological polar surface area (TPSA) is 129 Å². The van der Waals surface area contributed by atoms with Gasteiger partial charge in [0.05, 0.1) is 0 Å². The molecule has 0 unspecified atom stereocenters. The van der Waals surface area contributed by atoms with Crippen LogP contribution in [0.25, 0.3) is 10.8 Å². The van der Waals surface area contributed by atoms with Crippen molar-refractivity contribution in [3.63, 3.8) is 0 Å². The number of aromatic hydroxyl groups is 1. The van der Waals surface area contributed by atoms with E-state index in [2.05, 4.69) is 15.6 Å². The predicted octanol–water partition coefficient (Wildman–Crippen LogP) is 0.114. The molecule has 4 N–H and O–H groups in total. The van der Waals surface area contributed by atoms with Gasteiger partial charge < -0.3 is 20.8 Å². The van der Waals surface area contributed by atoms with Gasteiger partial charge >= 0.3 is 5.97 Å². The van der Waals surface area contributed by atoms with Crippen LogP contribution in [0.15, 0.2) is 24.3 Å². The number of amides is 2. The molecule has 1 aromatic heterocycles. The molecule has 8 nitrogen and oxygen atoms in total. The second kappa shape index (κ2) is 6.08. The van der Waals surface area contributed by atoms with Crippen LogP contribution in [-0.4, -0.2) is 46.6 Å². The van der Waals surface area contributed by atoms with Gasteiger partial charge in [-0.2, -0.15) is 0 Å². The highest BCUT2D eigenvalue weighted by molar-refractivity contribution is 6.10. The van der Waals surface area contributed by atoms with E-state index in [1.165, 1.54) is 13.1 Å². The van der Waals surface area contributed by atoms with Gasteiger partial charge in [-0.1, -0.05) is 24.3 Å². The van der Waals surface area contributed by atoms with E-state index < -0.39 is 35.8 Å². The highest BCUT2D eigenvalue weighted by Gasteiger charge is 2.21. The summed E-state index contributed by atoms with van der Waals surface area (Å²) in [7, 11) is 1.41. The molecule has 1 heterocycles. The van der Waals surface area contributed by atoms with Crippen molar-refractivity contribution in [1.82, 2.24) is 15.6 Å². The average molecular weight is 303 g/mol. The minimum absolute atomic E-state index is 0.0311. The second-order valence-electron chi connectivity index (χ2n) is 4.36. The van der Waals surface area contributed by atoms with E-state index in [0.29, 0.717) is 5.39 Å². The molecule has 0 bridgehead atoms. The Balaban J connectivity index is 2.60. The first kappa shape index (κ1) is 15.2. The summed E-state index contributed by atoms with van der Waals surface area (Å²) in [4.78, 5) is 38.2. The van der Waals surface area contributed by atoms with Gasteiger partial charge in [0.2, 0.25) is 0 Å². The van der Waals surface area contributed by atoms with Crippen LogP contribution in [0.2, 0.25) is 0 Å². The maximum atomic E-state index is 11.9. The molecule has 0 fully saturated rings. The molecule has 0 saturated carbocycles. The zero-order chi connectivity index (χ0) is 16.3. The van der Waals surface area contributed by atoms with E-state index in [9.17, 15) is 19.5 Å². The number of carboxylic acid groups (broad SMARTS) is 1. The van der Waals surface area contributed by atoms with Gasteiger partial charge in [0.1, 0.15) is 12.2 Å². The van der Waals surface area contributed by atoms with E-state index in [0.717, 1.165) is 0 Å². The van der Waals surface area contributed by atoms with Gasteiger partial charge in [-0.05, 0) is 0 Å². The molecule has 0 atom stereocenters. The third kappa shape index (κ3) is 2.80. The molecule has 0 spiro atoms. The number of aliphatic carboxylic acids is 1. The molecule has 0 aliphatic rings. The molecule has 8 heteroatoms. The van der Waals surface area contributed by atoms with E-state index in [1.54, 1.807) is 18.2 Å². The van der Waals surface area contributed by atoms with Crippen molar-refractivity contribution in [2.45, 2.75) is 0 Å². The number of aromatic nitrogens is 1. The lowest BCUT2D eigenvalue weighted by molar-refractivity contribution is -0.135. The number of carbonyl (C=O) groups excluding carboxylic acids is 2. The zero-order valence-electron chi connectivity index (χ0n) is 11.6. The smallest absolute Gasteiger partial charge is 0.322 e. The van der Waals surface area contributed by atoms with E-state index >= 15 is 0 Å². The molecule has 0 aliphatic heterocycles. The van der Waals surface area contributed by atoms with Crippen molar-refractivity contribution in [3.8, 4) is 5.75 Å². The Morgan fingerprint density at radius 3 is 2.32 bits per heavy atom. The fourth-order valence-corrected chi connectivity index (χ4v) is 1.94. The number of pyridine rings is 1. The molecule has 1 aromatic carbocycles. The first-order valence-electron chi connectivity index (χ1n) is 6.29. The number of rotatable bonds is 4. The minimum Gasteiger partial charge on any atom is -0.505 e. The van der Waals surface area contributed by atoms with Crippen LogP contribution in [0.5, 0.6) is 5.75 Å². The Bertz CT molecular complexity index is 772. The summed E-state index contributed by atoms with van der Waals surface area (Å²) in [6.07, 6.45) is 0. The van der Waals surface area contributed by atoms with Crippen LogP contribution in [0, 0.1) is 0 Å². The summed E-state index contributed by atoms with van der Waals surface area (Å²) in [6, 6.07) is 6.42. The first-order valence-corrected chi connectivity index (χ1v) is 6.29. The van der Waals surface area contributed by atoms with E-state index in [1.807, 2.05) is 0 Å². The first-order chi connectivity index (χ1) is 10.5. The second-order valence-corrected chi connectivity index (χ2v) is 4.36. The summed E-state index contributed by atoms with van der Waals surface area (Å²) >= 11 is 0. The number of nitrogens with one attached hydrogen (secondary N) is 2. The van der Waals surface area contributed by atoms with Crippen molar-refractivity contribution in [2.24, 2.45) is 0 Å². The number of fused-ring (bicyclic) bond motifs is 1. The fraction of sp³-hybridized carbons (Fsp3) is 0.143. The highest BCUT2D eigenvalue weighted by Crippen LogP contribution is 2.29. The SMILES string of the molecule is CNC(=O)c1nc(C(=O)NCC(=O)O)c(O)c2ccccc12. The summed E-state index contributed by atoms with van der Waals surface area (Å²) in [5.41, 5.74) is -0.435. The molecule has 114 valence electrons. The van der Waals surface area contributed by atoms with Crippen molar-refractivity contribution in [3.05, 3.63) is 35.7 Å². The average Bonchev–Trinajstić information content (AvgIpc) is 2.52. The molecular formula is C14H13N3O5. The van der Waals surface area contributed by atoms with Crippen molar-refractivity contribution < 1.29 is 24.6 Å². The quantitative estimate of drug-likeness (QED) is 0.634. The third-order valence-electron chi connectivity index (χ3n) is 2.94. The Labute approximate surface area is 124 Å². The van der Waals surface area contributed by atoms with Gasteiger partial charge in [-0.15, -0.1) is 0 Å². The molecule has 2 rings (SSSR count).